The van der Waals surface area contributed by atoms with Crippen molar-refractivity contribution in [3.8, 4) is 0 Å². The van der Waals surface area contributed by atoms with Gasteiger partial charge in [-0.25, -0.2) is 9.37 Å². The van der Waals surface area contributed by atoms with Gasteiger partial charge >= 0.3 is 0 Å². The van der Waals surface area contributed by atoms with Crippen molar-refractivity contribution in [1.29, 1.82) is 0 Å². The minimum Gasteiger partial charge on any atom is -0.388 e. The Hall–Kier alpha value is -1.47. The molecule has 3 N–H and O–H groups in total. The largest absolute Gasteiger partial charge is 0.388 e. The topological polar surface area (TPSA) is 84.5 Å². The number of anilines is 2. The molecule has 2 rings (SSSR count). The van der Waals surface area contributed by atoms with Crippen LogP contribution in [0.4, 0.5) is 16.2 Å². The number of nitrogens with two attached hydrogens (primary N) is 1. The van der Waals surface area contributed by atoms with Crippen molar-refractivity contribution in [2.24, 2.45) is 0 Å². The van der Waals surface area contributed by atoms with Gasteiger partial charge in [0.25, 0.3) is 0 Å². The third-order valence-corrected chi connectivity index (χ3v) is 3.06. The highest BCUT2D eigenvalue weighted by atomic mass is 19.1. The molecule has 6 nitrogen and oxygen atoms in total. The number of aromatic nitrogens is 2. The van der Waals surface area contributed by atoms with Gasteiger partial charge < -0.3 is 20.5 Å². The van der Waals surface area contributed by atoms with E-state index in [-0.39, 0.29) is 18.3 Å². The predicted molar refractivity (Wildman–Crippen MR) is 64.7 cm³/mol. The molecule has 7 heteroatoms. The van der Waals surface area contributed by atoms with Gasteiger partial charge in [0.05, 0.1) is 11.8 Å². The van der Waals surface area contributed by atoms with Crippen LogP contribution in [0.15, 0.2) is 6.20 Å². The van der Waals surface area contributed by atoms with Crippen molar-refractivity contribution in [2.75, 3.05) is 37.4 Å². The third kappa shape index (κ3) is 2.85. The van der Waals surface area contributed by atoms with Crippen LogP contribution in [0.5, 0.6) is 0 Å². The maximum absolute atomic E-state index is 13.6. The summed E-state index contributed by atoms with van der Waals surface area (Å²) < 4.78 is 18.8. The van der Waals surface area contributed by atoms with Crippen LogP contribution in [0, 0.1) is 5.82 Å². The minimum atomic E-state index is -0.876. The first kappa shape index (κ1) is 13.0. The molecule has 18 heavy (non-hydrogen) atoms. The zero-order valence-electron chi connectivity index (χ0n) is 10.3. The van der Waals surface area contributed by atoms with E-state index < -0.39 is 11.4 Å². The van der Waals surface area contributed by atoms with E-state index >= 15 is 0 Å². The Kier molecular flexibility index (Phi) is 3.63. The molecule has 0 aromatic carbocycles. The molecule has 0 aliphatic carbocycles. The Bertz CT molecular complexity index is 424. The molecule has 2 heterocycles. The van der Waals surface area contributed by atoms with Crippen molar-refractivity contribution in [3.05, 3.63) is 12.0 Å². The normalized spacial score (nSPS) is 18.6. The van der Waals surface area contributed by atoms with Crippen molar-refractivity contribution in [3.63, 3.8) is 0 Å². The Morgan fingerprint density at radius 3 is 2.89 bits per heavy atom. The summed E-state index contributed by atoms with van der Waals surface area (Å²) in [5.74, 6) is -0.443. The second-order valence-corrected chi connectivity index (χ2v) is 4.59. The number of nitrogen functional groups attached to an aromatic ring is 1. The second-order valence-electron chi connectivity index (χ2n) is 4.59. The van der Waals surface area contributed by atoms with Gasteiger partial charge in [-0.2, -0.15) is 4.98 Å². The fourth-order valence-electron chi connectivity index (χ4n) is 2.06. The Morgan fingerprint density at radius 2 is 2.22 bits per heavy atom. The summed E-state index contributed by atoms with van der Waals surface area (Å²) in [6.07, 6.45) is 2.08. The maximum Gasteiger partial charge on any atom is 0.222 e. The van der Waals surface area contributed by atoms with Crippen molar-refractivity contribution >= 4 is 11.8 Å². The molecule has 0 atom stereocenters. The highest BCUT2D eigenvalue weighted by Gasteiger charge is 2.32. The van der Waals surface area contributed by atoms with Gasteiger partial charge in [-0.05, 0) is 0 Å². The summed E-state index contributed by atoms with van der Waals surface area (Å²) in [6, 6.07) is 0. The van der Waals surface area contributed by atoms with E-state index in [4.69, 9.17) is 10.5 Å². The van der Waals surface area contributed by atoms with Gasteiger partial charge in [-0.3, -0.25) is 0 Å². The van der Waals surface area contributed by atoms with Crippen LogP contribution in [0.2, 0.25) is 0 Å². The van der Waals surface area contributed by atoms with E-state index in [1.54, 1.807) is 11.9 Å². The van der Waals surface area contributed by atoms with Crippen LogP contribution in [-0.2, 0) is 4.74 Å². The first-order chi connectivity index (χ1) is 8.50. The highest BCUT2D eigenvalue weighted by molar-refractivity contribution is 5.42. The van der Waals surface area contributed by atoms with Gasteiger partial charge in [0.2, 0.25) is 5.95 Å². The molecule has 0 spiro atoms. The second kappa shape index (κ2) is 5.03. The Labute approximate surface area is 105 Å². The number of hydrogen-bond donors (Lipinski definition) is 2. The molecule has 0 saturated carbocycles. The van der Waals surface area contributed by atoms with E-state index in [2.05, 4.69) is 9.97 Å². The molecule has 0 radical (unpaired) electrons. The SMILES string of the molecule is CN(CC1(O)CCOCC1)c1nc(N)ncc1F. The predicted octanol–water partition coefficient (Wildman–Crippen LogP) is 0.176. The average Bonchev–Trinajstić information content (AvgIpc) is 2.32. The monoisotopic (exact) mass is 256 g/mol. The first-order valence-corrected chi connectivity index (χ1v) is 5.79. The lowest BCUT2D eigenvalue weighted by molar-refractivity contribution is -0.0573. The van der Waals surface area contributed by atoms with Crippen LogP contribution in [0.3, 0.4) is 0 Å². The van der Waals surface area contributed by atoms with E-state index in [1.165, 1.54) is 0 Å². The quantitative estimate of drug-likeness (QED) is 0.802. The van der Waals surface area contributed by atoms with Crippen molar-refractivity contribution < 1.29 is 14.2 Å². The Balaban J connectivity index is 2.11. The number of rotatable bonds is 3. The number of hydrogen-bond acceptors (Lipinski definition) is 6. The summed E-state index contributed by atoms with van der Waals surface area (Å²) in [5.41, 5.74) is 4.56. The van der Waals surface area contributed by atoms with Crippen molar-refractivity contribution in [2.45, 2.75) is 18.4 Å². The van der Waals surface area contributed by atoms with Gasteiger partial charge in [0.15, 0.2) is 11.6 Å². The van der Waals surface area contributed by atoms with E-state index in [0.717, 1.165) is 6.20 Å². The zero-order valence-corrected chi connectivity index (χ0v) is 10.3. The lowest BCUT2D eigenvalue weighted by Gasteiger charge is -2.35. The van der Waals surface area contributed by atoms with Crippen LogP contribution in [0.25, 0.3) is 0 Å². The molecular weight excluding hydrogens is 239 g/mol. The number of halogens is 1. The smallest absolute Gasteiger partial charge is 0.222 e. The molecule has 1 aromatic heterocycles. The first-order valence-electron chi connectivity index (χ1n) is 5.79. The van der Waals surface area contributed by atoms with E-state index in [1.807, 2.05) is 0 Å². The molecule has 1 aromatic rings. The summed E-state index contributed by atoms with van der Waals surface area (Å²) in [5, 5.41) is 10.3. The third-order valence-electron chi connectivity index (χ3n) is 3.06. The maximum atomic E-state index is 13.6. The van der Waals surface area contributed by atoms with Crippen LogP contribution >= 0.6 is 0 Å². The van der Waals surface area contributed by atoms with Crippen LogP contribution < -0.4 is 10.6 Å². The summed E-state index contributed by atoms with van der Waals surface area (Å²) in [4.78, 5) is 8.97. The van der Waals surface area contributed by atoms with Crippen LogP contribution in [-0.4, -0.2) is 47.5 Å². The molecule has 0 amide bonds. The van der Waals surface area contributed by atoms with Crippen molar-refractivity contribution in [1.82, 2.24) is 9.97 Å². The van der Waals surface area contributed by atoms with E-state index in [0.29, 0.717) is 26.1 Å². The minimum absolute atomic E-state index is 0.0113. The summed E-state index contributed by atoms with van der Waals surface area (Å²) in [6.45, 7) is 1.31. The molecule has 1 aliphatic rings. The molecule has 1 fully saturated rings. The van der Waals surface area contributed by atoms with Gasteiger partial charge in [-0.1, -0.05) is 0 Å². The number of aliphatic hydroxyl groups is 1. The highest BCUT2D eigenvalue weighted by Crippen LogP contribution is 2.24. The summed E-state index contributed by atoms with van der Waals surface area (Å²) in [7, 11) is 1.66. The fraction of sp³-hybridized carbons (Fsp3) is 0.636. The van der Waals surface area contributed by atoms with Gasteiger partial charge in [0.1, 0.15) is 0 Å². The number of ether oxygens (including phenoxy) is 1. The molecular formula is C11H17FN4O2. The molecule has 1 aliphatic heterocycles. The molecule has 0 bridgehead atoms. The lowest BCUT2D eigenvalue weighted by atomic mass is 9.94. The zero-order chi connectivity index (χ0) is 13.2. The standard InChI is InChI=1S/C11H17FN4O2/c1-16(7-11(17)2-4-18-5-3-11)9-8(12)6-14-10(13)15-9/h6,17H,2-5,7H2,1H3,(H2,13,14,15). The molecule has 1 saturated heterocycles. The lowest BCUT2D eigenvalue weighted by Crippen LogP contribution is -2.46. The van der Waals surface area contributed by atoms with E-state index in [9.17, 15) is 9.50 Å². The Morgan fingerprint density at radius 1 is 1.56 bits per heavy atom. The fourth-order valence-corrected chi connectivity index (χ4v) is 2.06. The summed E-state index contributed by atoms with van der Waals surface area (Å²) >= 11 is 0. The molecule has 0 unspecified atom stereocenters. The average molecular weight is 256 g/mol. The van der Waals surface area contributed by atoms with Gasteiger partial charge in [-0.15, -0.1) is 0 Å². The number of nitrogens with zero attached hydrogens (tertiary/aromatic N) is 3. The number of likely N-dealkylation sites (N-methyl/N-ethyl adjacent to an activating group) is 1. The van der Waals surface area contributed by atoms with Crippen LogP contribution in [0.1, 0.15) is 12.8 Å². The van der Waals surface area contributed by atoms with Gasteiger partial charge in [0, 0.05) is 39.6 Å². The molecule has 100 valence electrons.